The van der Waals surface area contributed by atoms with Gasteiger partial charge in [0.2, 0.25) is 0 Å². The molecule has 0 radical (unpaired) electrons. The Hall–Kier alpha value is -1.56. The maximum absolute atomic E-state index is 11.3. The van der Waals surface area contributed by atoms with E-state index in [-0.39, 0.29) is 5.69 Å². The van der Waals surface area contributed by atoms with E-state index in [2.05, 4.69) is 23.7 Å². The Morgan fingerprint density at radius 2 is 2.22 bits per heavy atom. The zero-order chi connectivity index (χ0) is 13.5. The van der Waals surface area contributed by atoms with Gasteiger partial charge >= 0.3 is 5.97 Å². The van der Waals surface area contributed by atoms with E-state index in [1.54, 1.807) is 10.9 Å². The van der Waals surface area contributed by atoms with Crippen molar-refractivity contribution in [1.29, 1.82) is 0 Å². The molecule has 6 heteroatoms. The lowest BCUT2D eigenvalue weighted by molar-refractivity contribution is 0.0593. The highest BCUT2D eigenvalue weighted by Crippen LogP contribution is 2.10. The Kier molecular flexibility index (Phi) is 5.64. The van der Waals surface area contributed by atoms with Crippen LogP contribution in [0, 0.1) is 5.92 Å². The van der Waals surface area contributed by atoms with Crippen LogP contribution >= 0.6 is 0 Å². The van der Waals surface area contributed by atoms with Crippen LogP contribution in [0.3, 0.4) is 0 Å². The van der Waals surface area contributed by atoms with Gasteiger partial charge in [0, 0.05) is 12.8 Å². The normalized spacial score (nSPS) is 10.9. The minimum absolute atomic E-state index is 0.152. The van der Waals surface area contributed by atoms with E-state index >= 15 is 0 Å². The summed E-state index contributed by atoms with van der Waals surface area (Å²) in [7, 11) is 1.30. The van der Waals surface area contributed by atoms with Crippen molar-refractivity contribution in [2.45, 2.75) is 26.8 Å². The maximum atomic E-state index is 11.3. The van der Waals surface area contributed by atoms with Gasteiger partial charge in [-0.3, -0.25) is 4.68 Å². The van der Waals surface area contributed by atoms with Crippen LogP contribution in [-0.2, 0) is 16.0 Å². The van der Waals surface area contributed by atoms with Crippen molar-refractivity contribution in [1.82, 2.24) is 9.78 Å². The SMILES string of the molecule is COC(=O)c1nn(CCOCCC(C)C)cc1N. The number of rotatable bonds is 7. The van der Waals surface area contributed by atoms with Gasteiger partial charge in [0.05, 0.1) is 25.9 Å². The van der Waals surface area contributed by atoms with E-state index < -0.39 is 5.97 Å². The molecule has 1 aromatic rings. The summed E-state index contributed by atoms with van der Waals surface area (Å²) in [5.41, 5.74) is 6.14. The fourth-order valence-electron chi connectivity index (χ4n) is 1.39. The monoisotopic (exact) mass is 255 g/mol. The molecule has 0 atom stereocenters. The smallest absolute Gasteiger partial charge is 0.360 e. The van der Waals surface area contributed by atoms with Gasteiger partial charge in [0.25, 0.3) is 0 Å². The van der Waals surface area contributed by atoms with Crippen LogP contribution < -0.4 is 5.73 Å². The Morgan fingerprint density at radius 3 is 2.83 bits per heavy atom. The summed E-state index contributed by atoms with van der Waals surface area (Å²) in [4.78, 5) is 11.3. The molecule has 6 nitrogen and oxygen atoms in total. The van der Waals surface area contributed by atoms with Gasteiger partial charge in [0.1, 0.15) is 0 Å². The predicted octanol–water partition coefficient (Wildman–Crippen LogP) is 1.31. The molecule has 1 heterocycles. The Morgan fingerprint density at radius 1 is 1.50 bits per heavy atom. The van der Waals surface area contributed by atoms with Gasteiger partial charge in [-0.1, -0.05) is 13.8 Å². The van der Waals surface area contributed by atoms with E-state index in [0.29, 0.717) is 24.8 Å². The van der Waals surface area contributed by atoms with Crippen LogP contribution in [0.2, 0.25) is 0 Å². The average Bonchev–Trinajstić information content (AvgIpc) is 2.69. The van der Waals surface area contributed by atoms with Crippen molar-refractivity contribution in [3.8, 4) is 0 Å². The molecule has 1 rings (SSSR count). The molecule has 102 valence electrons. The van der Waals surface area contributed by atoms with Crippen molar-refractivity contribution in [2.24, 2.45) is 5.92 Å². The van der Waals surface area contributed by atoms with Crippen molar-refractivity contribution >= 4 is 11.7 Å². The average molecular weight is 255 g/mol. The fraction of sp³-hybridized carbons (Fsp3) is 0.667. The number of nitrogens with zero attached hydrogens (tertiary/aromatic N) is 2. The number of hydrogen-bond acceptors (Lipinski definition) is 5. The van der Waals surface area contributed by atoms with Crippen LogP contribution in [0.4, 0.5) is 5.69 Å². The second-order valence-corrected chi connectivity index (χ2v) is 4.48. The van der Waals surface area contributed by atoms with Crippen LogP contribution in [-0.4, -0.2) is 36.1 Å². The van der Waals surface area contributed by atoms with Gasteiger partial charge in [-0.05, 0) is 12.3 Å². The summed E-state index contributed by atoms with van der Waals surface area (Å²) in [6, 6.07) is 0. The number of carbonyl (C=O) groups is 1. The number of esters is 1. The second kappa shape index (κ2) is 7.00. The number of ether oxygens (including phenoxy) is 2. The van der Waals surface area contributed by atoms with E-state index in [1.165, 1.54) is 7.11 Å². The van der Waals surface area contributed by atoms with Gasteiger partial charge < -0.3 is 15.2 Å². The van der Waals surface area contributed by atoms with Gasteiger partial charge in [-0.15, -0.1) is 0 Å². The molecule has 0 aromatic carbocycles. The minimum atomic E-state index is -0.521. The van der Waals surface area contributed by atoms with E-state index in [9.17, 15) is 4.79 Å². The Bertz CT molecular complexity index is 388. The third-order valence-electron chi connectivity index (χ3n) is 2.47. The third kappa shape index (κ3) is 4.37. The summed E-state index contributed by atoms with van der Waals surface area (Å²) >= 11 is 0. The first kappa shape index (κ1) is 14.5. The number of nitrogens with two attached hydrogens (primary N) is 1. The molecule has 2 N–H and O–H groups in total. The molecule has 0 spiro atoms. The number of hydrogen-bond donors (Lipinski definition) is 1. The summed E-state index contributed by atoms with van der Waals surface area (Å²) in [5, 5.41) is 4.05. The number of anilines is 1. The van der Waals surface area contributed by atoms with Crippen LogP contribution in [0.15, 0.2) is 6.20 Å². The molecule has 0 fully saturated rings. The molecule has 0 aliphatic rings. The standard InChI is InChI=1S/C12H21N3O3/c1-9(2)4-6-18-7-5-15-8-10(13)11(14-15)12(16)17-3/h8-9H,4-7,13H2,1-3H3. The highest BCUT2D eigenvalue weighted by molar-refractivity contribution is 5.92. The quantitative estimate of drug-likeness (QED) is 0.587. The third-order valence-corrected chi connectivity index (χ3v) is 2.47. The van der Waals surface area contributed by atoms with E-state index in [4.69, 9.17) is 10.5 Å². The Balaban J connectivity index is 2.37. The number of methoxy groups -OCH3 is 1. The first-order valence-electron chi connectivity index (χ1n) is 6.03. The molecule has 1 aromatic heterocycles. The van der Waals surface area contributed by atoms with Crippen LogP contribution in [0.5, 0.6) is 0 Å². The van der Waals surface area contributed by atoms with Crippen molar-refractivity contribution in [2.75, 3.05) is 26.1 Å². The summed E-state index contributed by atoms with van der Waals surface area (Å²) in [6.45, 7) is 6.16. The minimum Gasteiger partial charge on any atom is -0.464 e. The molecule has 0 amide bonds. The number of carbonyl (C=O) groups excluding carboxylic acids is 1. The predicted molar refractivity (Wildman–Crippen MR) is 68.3 cm³/mol. The Labute approximate surface area is 107 Å². The first-order chi connectivity index (χ1) is 8.54. The molecular formula is C12H21N3O3. The summed E-state index contributed by atoms with van der Waals surface area (Å²) < 4.78 is 11.6. The van der Waals surface area contributed by atoms with Gasteiger partial charge in [-0.25, -0.2) is 4.79 Å². The van der Waals surface area contributed by atoms with Gasteiger partial charge in [0.15, 0.2) is 5.69 Å². The van der Waals surface area contributed by atoms with Crippen molar-refractivity contribution in [3.63, 3.8) is 0 Å². The van der Waals surface area contributed by atoms with Crippen molar-refractivity contribution < 1.29 is 14.3 Å². The van der Waals surface area contributed by atoms with Crippen LogP contribution in [0.25, 0.3) is 0 Å². The summed E-state index contributed by atoms with van der Waals surface area (Å²) in [5.74, 6) is 0.114. The second-order valence-electron chi connectivity index (χ2n) is 4.48. The molecule has 18 heavy (non-hydrogen) atoms. The molecule has 0 aliphatic heterocycles. The molecule has 0 unspecified atom stereocenters. The topological polar surface area (TPSA) is 79.4 Å². The summed E-state index contributed by atoms with van der Waals surface area (Å²) in [6.07, 6.45) is 2.65. The fourth-order valence-corrected chi connectivity index (χ4v) is 1.39. The van der Waals surface area contributed by atoms with Crippen LogP contribution in [0.1, 0.15) is 30.8 Å². The molecule has 0 saturated carbocycles. The first-order valence-corrected chi connectivity index (χ1v) is 6.03. The highest BCUT2D eigenvalue weighted by atomic mass is 16.5. The molecule has 0 saturated heterocycles. The zero-order valence-corrected chi connectivity index (χ0v) is 11.2. The van der Waals surface area contributed by atoms with Crippen molar-refractivity contribution in [3.05, 3.63) is 11.9 Å². The van der Waals surface area contributed by atoms with E-state index in [1.807, 2.05) is 0 Å². The molecular weight excluding hydrogens is 234 g/mol. The maximum Gasteiger partial charge on any atom is 0.360 e. The number of aromatic nitrogens is 2. The zero-order valence-electron chi connectivity index (χ0n) is 11.2. The highest BCUT2D eigenvalue weighted by Gasteiger charge is 2.14. The molecule has 0 bridgehead atoms. The lowest BCUT2D eigenvalue weighted by Crippen LogP contribution is -2.10. The lowest BCUT2D eigenvalue weighted by Gasteiger charge is -2.06. The van der Waals surface area contributed by atoms with E-state index in [0.717, 1.165) is 13.0 Å². The lowest BCUT2D eigenvalue weighted by atomic mass is 10.1. The number of nitrogen functional groups attached to an aromatic ring is 1. The molecule has 0 aliphatic carbocycles. The largest absolute Gasteiger partial charge is 0.464 e. The van der Waals surface area contributed by atoms with Gasteiger partial charge in [-0.2, -0.15) is 5.10 Å².